The fraction of sp³-hybridized carbons (Fsp3) is 0.650. The molecule has 130 valence electrons. The van der Waals surface area contributed by atoms with Crippen molar-refractivity contribution in [1.82, 2.24) is 5.32 Å². The predicted octanol–water partition coefficient (Wildman–Crippen LogP) is 3.47. The molecule has 1 aromatic rings. The van der Waals surface area contributed by atoms with Gasteiger partial charge in [0.1, 0.15) is 0 Å². The molecule has 4 nitrogen and oxygen atoms in total. The van der Waals surface area contributed by atoms with Crippen molar-refractivity contribution in [2.24, 2.45) is 17.8 Å². The van der Waals surface area contributed by atoms with Gasteiger partial charge in [-0.1, -0.05) is 6.07 Å². The highest BCUT2D eigenvalue weighted by atomic mass is 16.5. The first-order valence-corrected chi connectivity index (χ1v) is 9.14. The number of hydrogen-bond donors (Lipinski definition) is 1. The number of carbonyl (C=O) groups is 1. The topological polar surface area (TPSA) is 47.6 Å². The van der Waals surface area contributed by atoms with E-state index in [0.717, 1.165) is 23.3 Å². The number of aryl methyl sites for hydroxylation is 1. The molecule has 0 aromatic heterocycles. The van der Waals surface area contributed by atoms with Crippen LogP contribution in [0.2, 0.25) is 0 Å². The van der Waals surface area contributed by atoms with E-state index in [1.165, 1.54) is 38.5 Å². The van der Waals surface area contributed by atoms with E-state index in [0.29, 0.717) is 11.5 Å². The van der Waals surface area contributed by atoms with Gasteiger partial charge in [-0.2, -0.15) is 0 Å². The molecular formula is C20H27NO3. The smallest absolute Gasteiger partial charge is 0.258 e. The summed E-state index contributed by atoms with van der Waals surface area (Å²) in [7, 11) is 1.62. The van der Waals surface area contributed by atoms with E-state index in [-0.39, 0.29) is 18.1 Å². The summed E-state index contributed by atoms with van der Waals surface area (Å²) in [4.78, 5) is 12.5. The van der Waals surface area contributed by atoms with Gasteiger partial charge < -0.3 is 14.8 Å². The van der Waals surface area contributed by atoms with E-state index < -0.39 is 0 Å². The Kier molecular flexibility index (Phi) is 3.93. The molecule has 4 heteroatoms. The van der Waals surface area contributed by atoms with Crippen molar-refractivity contribution in [3.8, 4) is 11.5 Å². The Morgan fingerprint density at radius 3 is 2.33 bits per heavy atom. The SMILES string of the molecule is COc1cc(C)ccc1OCC(=O)NC12CC3CC(CC(C3)C1)C2. The van der Waals surface area contributed by atoms with Crippen LogP contribution in [0.1, 0.15) is 44.1 Å². The minimum atomic E-state index is -0.000391. The van der Waals surface area contributed by atoms with Crippen LogP contribution < -0.4 is 14.8 Å². The van der Waals surface area contributed by atoms with Crippen molar-refractivity contribution < 1.29 is 14.3 Å². The quantitative estimate of drug-likeness (QED) is 0.900. The lowest BCUT2D eigenvalue weighted by Crippen LogP contribution is -2.60. The fourth-order valence-corrected chi connectivity index (χ4v) is 5.63. The van der Waals surface area contributed by atoms with Gasteiger partial charge in [0.2, 0.25) is 0 Å². The Balaban J connectivity index is 1.37. The molecule has 0 radical (unpaired) electrons. The highest BCUT2D eigenvalue weighted by molar-refractivity contribution is 5.78. The van der Waals surface area contributed by atoms with E-state index in [1.54, 1.807) is 7.11 Å². The molecule has 24 heavy (non-hydrogen) atoms. The second-order valence-corrected chi connectivity index (χ2v) is 8.19. The van der Waals surface area contributed by atoms with Crippen molar-refractivity contribution in [3.63, 3.8) is 0 Å². The van der Waals surface area contributed by atoms with Crippen LogP contribution >= 0.6 is 0 Å². The second-order valence-electron chi connectivity index (χ2n) is 8.19. The summed E-state index contributed by atoms with van der Waals surface area (Å²) in [5, 5.41) is 3.34. The molecule has 0 saturated heterocycles. The number of methoxy groups -OCH3 is 1. The third-order valence-corrected chi connectivity index (χ3v) is 6.12. The highest BCUT2D eigenvalue weighted by Gasteiger charge is 2.51. The van der Waals surface area contributed by atoms with Gasteiger partial charge in [-0.25, -0.2) is 0 Å². The number of hydrogen-bond acceptors (Lipinski definition) is 3. The molecule has 0 heterocycles. The van der Waals surface area contributed by atoms with Gasteiger partial charge >= 0.3 is 0 Å². The van der Waals surface area contributed by atoms with Gasteiger partial charge in [-0.15, -0.1) is 0 Å². The van der Waals surface area contributed by atoms with Crippen LogP contribution in [0.5, 0.6) is 11.5 Å². The lowest BCUT2D eigenvalue weighted by molar-refractivity contribution is -0.128. The highest BCUT2D eigenvalue weighted by Crippen LogP contribution is 2.55. The predicted molar refractivity (Wildman–Crippen MR) is 92.3 cm³/mol. The van der Waals surface area contributed by atoms with Gasteiger partial charge in [0.05, 0.1) is 7.11 Å². The number of ether oxygens (including phenoxy) is 2. The van der Waals surface area contributed by atoms with Crippen LogP contribution in [0.3, 0.4) is 0 Å². The molecule has 4 aliphatic rings. The van der Waals surface area contributed by atoms with Gasteiger partial charge in [-0.3, -0.25) is 4.79 Å². The summed E-state index contributed by atoms with van der Waals surface area (Å²) in [5.74, 6) is 3.79. The summed E-state index contributed by atoms with van der Waals surface area (Å²) >= 11 is 0. The van der Waals surface area contributed by atoms with Crippen molar-refractivity contribution in [2.45, 2.75) is 51.0 Å². The number of amides is 1. The molecule has 1 aromatic carbocycles. The Hall–Kier alpha value is -1.71. The molecule has 4 fully saturated rings. The number of nitrogens with one attached hydrogen (secondary N) is 1. The Morgan fingerprint density at radius 2 is 1.75 bits per heavy atom. The van der Waals surface area contributed by atoms with Gasteiger partial charge in [0.25, 0.3) is 5.91 Å². The van der Waals surface area contributed by atoms with E-state index in [2.05, 4.69) is 5.32 Å². The van der Waals surface area contributed by atoms with Crippen LogP contribution in [0.25, 0.3) is 0 Å². The molecule has 0 unspecified atom stereocenters. The maximum atomic E-state index is 12.5. The minimum absolute atomic E-state index is 0.000391. The van der Waals surface area contributed by atoms with Gasteiger partial charge in [0, 0.05) is 5.54 Å². The van der Waals surface area contributed by atoms with Crippen LogP contribution in [-0.2, 0) is 4.79 Å². The summed E-state index contributed by atoms with van der Waals surface area (Å²) in [5.41, 5.74) is 1.16. The Labute approximate surface area is 143 Å². The zero-order valence-corrected chi connectivity index (χ0v) is 14.6. The zero-order valence-electron chi connectivity index (χ0n) is 14.6. The number of rotatable bonds is 5. The first-order valence-electron chi connectivity index (χ1n) is 9.14. The van der Waals surface area contributed by atoms with Crippen molar-refractivity contribution in [2.75, 3.05) is 13.7 Å². The first-order chi connectivity index (χ1) is 11.5. The normalized spacial score (nSPS) is 33.3. The summed E-state index contributed by atoms with van der Waals surface area (Å²) in [6, 6.07) is 5.76. The molecule has 5 rings (SSSR count). The summed E-state index contributed by atoms with van der Waals surface area (Å²) in [6.45, 7) is 2.06. The maximum absolute atomic E-state index is 12.5. The molecule has 4 bridgehead atoms. The standard InChI is InChI=1S/C20H27NO3/c1-13-3-4-17(18(5-13)23-2)24-12-19(22)21-20-9-14-6-15(10-20)8-16(7-14)11-20/h3-5,14-16H,6-12H2,1-2H3,(H,21,22). The lowest BCUT2D eigenvalue weighted by atomic mass is 9.53. The first kappa shape index (κ1) is 15.8. The summed E-state index contributed by atoms with van der Waals surface area (Å²) < 4.78 is 11.1. The van der Waals surface area contributed by atoms with E-state index in [1.807, 2.05) is 25.1 Å². The molecule has 0 spiro atoms. The molecular weight excluding hydrogens is 302 g/mol. The largest absolute Gasteiger partial charge is 0.493 e. The van der Waals surface area contributed by atoms with E-state index in [4.69, 9.17) is 9.47 Å². The average Bonchev–Trinajstić information content (AvgIpc) is 2.51. The van der Waals surface area contributed by atoms with Crippen LogP contribution in [-0.4, -0.2) is 25.2 Å². The second kappa shape index (κ2) is 5.98. The number of carbonyl (C=O) groups excluding carboxylic acids is 1. The van der Waals surface area contributed by atoms with E-state index >= 15 is 0 Å². The fourth-order valence-electron chi connectivity index (χ4n) is 5.63. The third kappa shape index (κ3) is 2.99. The number of benzene rings is 1. The third-order valence-electron chi connectivity index (χ3n) is 6.12. The van der Waals surface area contributed by atoms with E-state index in [9.17, 15) is 4.79 Å². The minimum Gasteiger partial charge on any atom is -0.493 e. The molecule has 0 aliphatic heterocycles. The van der Waals surface area contributed by atoms with Crippen molar-refractivity contribution in [3.05, 3.63) is 23.8 Å². The average molecular weight is 329 g/mol. The monoisotopic (exact) mass is 329 g/mol. The maximum Gasteiger partial charge on any atom is 0.258 e. The molecule has 4 aliphatic carbocycles. The summed E-state index contributed by atoms with van der Waals surface area (Å²) in [6.07, 6.45) is 7.64. The molecule has 1 N–H and O–H groups in total. The Morgan fingerprint density at radius 1 is 1.12 bits per heavy atom. The lowest BCUT2D eigenvalue weighted by Gasteiger charge is -2.56. The van der Waals surface area contributed by atoms with Crippen molar-refractivity contribution in [1.29, 1.82) is 0 Å². The van der Waals surface area contributed by atoms with Gasteiger partial charge in [-0.05, 0) is 80.9 Å². The molecule has 0 atom stereocenters. The molecule has 4 saturated carbocycles. The van der Waals surface area contributed by atoms with Crippen LogP contribution in [0.4, 0.5) is 0 Å². The molecule has 1 amide bonds. The Bertz CT molecular complexity index is 604. The van der Waals surface area contributed by atoms with Crippen LogP contribution in [0.15, 0.2) is 18.2 Å². The van der Waals surface area contributed by atoms with Crippen molar-refractivity contribution >= 4 is 5.91 Å². The van der Waals surface area contributed by atoms with Gasteiger partial charge in [0.15, 0.2) is 18.1 Å². The zero-order chi connectivity index (χ0) is 16.7. The van der Waals surface area contributed by atoms with Crippen LogP contribution in [0, 0.1) is 24.7 Å².